The molecule has 0 aliphatic heterocycles. The van der Waals surface area contributed by atoms with E-state index in [1.165, 1.54) is 11.8 Å². The molecule has 0 radical (unpaired) electrons. The van der Waals surface area contributed by atoms with Gasteiger partial charge in [0.05, 0.1) is 5.75 Å². The van der Waals surface area contributed by atoms with Gasteiger partial charge in [0.1, 0.15) is 0 Å². The fourth-order valence-corrected chi connectivity index (χ4v) is 4.27. The summed E-state index contributed by atoms with van der Waals surface area (Å²) < 4.78 is 6.90. The summed E-state index contributed by atoms with van der Waals surface area (Å²) in [6.07, 6.45) is 3.99. The largest absolute Gasteiger partial charge is 0.455 e. The number of hydrogen-bond donors (Lipinski definition) is 2. The predicted molar refractivity (Wildman–Crippen MR) is 116 cm³/mol. The lowest BCUT2D eigenvalue weighted by Crippen LogP contribution is -2.45. The Morgan fingerprint density at radius 2 is 1.94 bits per heavy atom. The Hall–Kier alpha value is -2.88. The standard InChI is InChI=1S/C21H27N5O4S/c1-3-26-19(16-11-7-4-8-14(16)2)24-25-21(26)31-13-18(28)30-12-17(27)23-20(29)22-15-9-5-6-10-15/h4,7-8,11,15H,3,5-6,9-10,12-13H2,1-2H3,(H2,22,23,27,29). The zero-order valence-electron chi connectivity index (χ0n) is 17.7. The molecule has 1 aromatic heterocycles. The summed E-state index contributed by atoms with van der Waals surface area (Å²) in [5.74, 6) is -0.510. The number of aryl methyl sites for hydroxylation is 1. The number of nitrogens with zero attached hydrogens (tertiary/aromatic N) is 3. The van der Waals surface area contributed by atoms with Gasteiger partial charge < -0.3 is 14.6 Å². The molecule has 3 rings (SSSR count). The van der Waals surface area contributed by atoms with Crippen molar-refractivity contribution in [2.75, 3.05) is 12.4 Å². The minimum atomic E-state index is -0.660. The molecule has 0 saturated heterocycles. The van der Waals surface area contributed by atoms with E-state index < -0.39 is 24.5 Å². The summed E-state index contributed by atoms with van der Waals surface area (Å²) in [6, 6.07) is 7.45. The van der Waals surface area contributed by atoms with E-state index in [1.807, 2.05) is 42.7 Å². The van der Waals surface area contributed by atoms with E-state index in [2.05, 4.69) is 20.8 Å². The van der Waals surface area contributed by atoms with Gasteiger partial charge in [-0.1, -0.05) is 48.9 Å². The van der Waals surface area contributed by atoms with Crippen LogP contribution in [0.3, 0.4) is 0 Å². The van der Waals surface area contributed by atoms with E-state index in [4.69, 9.17) is 4.74 Å². The summed E-state index contributed by atoms with van der Waals surface area (Å²) in [5, 5.41) is 14.0. The van der Waals surface area contributed by atoms with Crippen LogP contribution < -0.4 is 10.6 Å². The van der Waals surface area contributed by atoms with Gasteiger partial charge in [-0.25, -0.2) is 4.79 Å². The van der Waals surface area contributed by atoms with E-state index >= 15 is 0 Å². The first-order valence-corrected chi connectivity index (χ1v) is 11.3. The molecule has 1 aromatic carbocycles. The quantitative estimate of drug-likeness (QED) is 0.474. The maximum absolute atomic E-state index is 12.0. The number of hydrogen-bond acceptors (Lipinski definition) is 7. The van der Waals surface area contributed by atoms with Crippen molar-refractivity contribution in [3.8, 4) is 11.4 Å². The first-order valence-electron chi connectivity index (χ1n) is 10.4. The molecule has 0 atom stereocenters. The van der Waals surface area contributed by atoms with Crippen molar-refractivity contribution in [3.63, 3.8) is 0 Å². The number of nitrogens with one attached hydrogen (secondary N) is 2. The summed E-state index contributed by atoms with van der Waals surface area (Å²) in [5.41, 5.74) is 2.07. The van der Waals surface area contributed by atoms with E-state index in [-0.39, 0.29) is 11.8 Å². The van der Waals surface area contributed by atoms with Crippen LogP contribution in [-0.2, 0) is 20.9 Å². The van der Waals surface area contributed by atoms with Crippen molar-refractivity contribution < 1.29 is 19.1 Å². The molecule has 1 heterocycles. The van der Waals surface area contributed by atoms with Gasteiger partial charge in [0.2, 0.25) is 0 Å². The smallest absolute Gasteiger partial charge is 0.321 e. The number of carbonyl (C=O) groups is 3. The molecule has 3 amide bonds. The average Bonchev–Trinajstić information content (AvgIpc) is 3.40. The van der Waals surface area contributed by atoms with E-state index in [0.29, 0.717) is 11.7 Å². The Kier molecular flexibility index (Phi) is 8.05. The van der Waals surface area contributed by atoms with Crippen LogP contribution in [0.4, 0.5) is 4.79 Å². The molecule has 1 fully saturated rings. The molecule has 0 bridgehead atoms. The Morgan fingerprint density at radius 3 is 2.65 bits per heavy atom. The molecule has 2 aromatic rings. The SMILES string of the molecule is CCn1c(SCC(=O)OCC(=O)NC(=O)NC2CCCC2)nnc1-c1ccccc1C. The van der Waals surface area contributed by atoms with Gasteiger partial charge in [-0.15, -0.1) is 10.2 Å². The lowest BCUT2D eigenvalue weighted by atomic mass is 10.1. The number of thioether (sulfide) groups is 1. The molecule has 9 nitrogen and oxygen atoms in total. The van der Waals surface area contributed by atoms with Crippen LogP contribution in [0.1, 0.15) is 38.2 Å². The molecule has 0 unspecified atom stereocenters. The minimum absolute atomic E-state index is 0.0204. The molecule has 1 aliphatic rings. The highest BCUT2D eigenvalue weighted by atomic mass is 32.2. The highest BCUT2D eigenvalue weighted by Crippen LogP contribution is 2.26. The molecule has 10 heteroatoms. The van der Waals surface area contributed by atoms with Crippen LogP contribution in [0.2, 0.25) is 0 Å². The van der Waals surface area contributed by atoms with Crippen molar-refractivity contribution in [1.29, 1.82) is 0 Å². The normalized spacial score (nSPS) is 13.7. The summed E-state index contributed by atoms with van der Waals surface area (Å²) in [6.45, 7) is 4.13. The molecule has 31 heavy (non-hydrogen) atoms. The zero-order chi connectivity index (χ0) is 22.2. The predicted octanol–water partition coefficient (Wildman–Crippen LogP) is 2.68. The van der Waals surface area contributed by atoms with Gasteiger partial charge in [0.15, 0.2) is 17.6 Å². The lowest BCUT2D eigenvalue weighted by Gasteiger charge is -2.12. The van der Waals surface area contributed by atoms with Gasteiger partial charge in [0, 0.05) is 18.2 Å². The van der Waals surface area contributed by atoms with Gasteiger partial charge >= 0.3 is 12.0 Å². The van der Waals surface area contributed by atoms with Crippen molar-refractivity contribution in [1.82, 2.24) is 25.4 Å². The highest BCUT2D eigenvalue weighted by Gasteiger charge is 2.19. The van der Waals surface area contributed by atoms with Crippen molar-refractivity contribution in [2.24, 2.45) is 0 Å². The maximum Gasteiger partial charge on any atom is 0.321 e. The van der Waals surface area contributed by atoms with Gasteiger partial charge in [-0.05, 0) is 32.3 Å². The number of esters is 1. The Labute approximate surface area is 185 Å². The highest BCUT2D eigenvalue weighted by molar-refractivity contribution is 7.99. The first-order chi connectivity index (χ1) is 15.0. The van der Waals surface area contributed by atoms with Crippen LogP contribution in [0, 0.1) is 6.92 Å². The third-order valence-electron chi connectivity index (χ3n) is 5.05. The summed E-state index contributed by atoms with van der Waals surface area (Å²) in [7, 11) is 0. The number of imide groups is 1. The molecule has 1 saturated carbocycles. The fraction of sp³-hybridized carbons (Fsp3) is 0.476. The summed E-state index contributed by atoms with van der Waals surface area (Å²) in [4.78, 5) is 35.6. The number of carbonyl (C=O) groups excluding carboxylic acids is 3. The van der Waals surface area contributed by atoms with Crippen LogP contribution in [0.15, 0.2) is 29.4 Å². The van der Waals surface area contributed by atoms with E-state index in [0.717, 1.165) is 42.6 Å². The second-order valence-electron chi connectivity index (χ2n) is 7.32. The number of urea groups is 1. The Bertz CT molecular complexity index is 940. The monoisotopic (exact) mass is 445 g/mol. The Morgan fingerprint density at radius 1 is 1.19 bits per heavy atom. The third-order valence-corrected chi connectivity index (χ3v) is 5.99. The van der Waals surface area contributed by atoms with Crippen LogP contribution in [0.5, 0.6) is 0 Å². The number of amides is 3. The average molecular weight is 446 g/mol. The van der Waals surface area contributed by atoms with E-state index in [1.54, 1.807) is 0 Å². The van der Waals surface area contributed by atoms with Gasteiger partial charge in [0.25, 0.3) is 5.91 Å². The van der Waals surface area contributed by atoms with Crippen LogP contribution in [0.25, 0.3) is 11.4 Å². The number of rotatable bonds is 8. The van der Waals surface area contributed by atoms with Crippen LogP contribution >= 0.6 is 11.8 Å². The molecule has 1 aliphatic carbocycles. The molecule has 166 valence electrons. The van der Waals surface area contributed by atoms with Gasteiger partial charge in [-0.2, -0.15) is 0 Å². The summed E-state index contributed by atoms with van der Waals surface area (Å²) >= 11 is 1.19. The number of benzene rings is 1. The first kappa shape index (κ1) is 22.8. The minimum Gasteiger partial charge on any atom is -0.455 e. The molecular formula is C21H27N5O4S. The Balaban J connectivity index is 1.46. The second kappa shape index (κ2) is 10.9. The van der Waals surface area contributed by atoms with Crippen molar-refractivity contribution >= 4 is 29.7 Å². The third kappa shape index (κ3) is 6.30. The zero-order valence-corrected chi connectivity index (χ0v) is 18.5. The molecule has 2 N–H and O–H groups in total. The fourth-order valence-electron chi connectivity index (χ4n) is 3.47. The molecular weight excluding hydrogens is 418 g/mol. The number of ether oxygens (including phenoxy) is 1. The topological polar surface area (TPSA) is 115 Å². The van der Waals surface area contributed by atoms with E-state index in [9.17, 15) is 14.4 Å². The van der Waals surface area contributed by atoms with Crippen LogP contribution in [-0.4, -0.2) is 51.1 Å². The van der Waals surface area contributed by atoms with Crippen molar-refractivity contribution in [2.45, 2.75) is 57.3 Å². The maximum atomic E-state index is 12.0. The van der Waals surface area contributed by atoms with Gasteiger partial charge in [-0.3, -0.25) is 14.9 Å². The number of aromatic nitrogens is 3. The lowest BCUT2D eigenvalue weighted by molar-refractivity contribution is -0.145. The molecule has 0 spiro atoms. The second-order valence-corrected chi connectivity index (χ2v) is 8.26. The van der Waals surface area contributed by atoms with Crippen molar-refractivity contribution in [3.05, 3.63) is 29.8 Å².